The number of benzene rings is 3. The molecule has 8 nitrogen and oxygen atoms in total. The minimum atomic E-state index is -1.27. The zero-order valence-electron chi connectivity index (χ0n) is 19.4. The first-order valence-electron chi connectivity index (χ1n) is 11.1. The number of aromatic hydroxyl groups is 1. The number of ether oxygens (including phenoxy) is 1. The molecule has 0 heterocycles. The summed E-state index contributed by atoms with van der Waals surface area (Å²) in [7, 11) is 0. The fourth-order valence-electron chi connectivity index (χ4n) is 4.35. The predicted octanol–water partition coefficient (Wildman–Crippen LogP) is 4.74. The lowest BCUT2D eigenvalue weighted by atomic mass is 9.98. The summed E-state index contributed by atoms with van der Waals surface area (Å²) >= 11 is 0. The first-order chi connectivity index (χ1) is 16.6. The van der Waals surface area contributed by atoms with Gasteiger partial charge < -0.3 is 25.6 Å². The summed E-state index contributed by atoms with van der Waals surface area (Å²) in [5.41, 5.74) is 3.55. The molecule has 1 aliphatic carbocycles. The molecule has 0 bridgehead atoms. The average molecular weight is 475 g/mol. The quantitative estimate of drug-likeness (QED) is 0.392. The van der Waals surface area contributed by atoms with E-state index in [1.54, 1.807) is 13.8 Å². The van der Waals surface area contributed by atoms with Crippen LogP contribution in [-0.4, -0.2) is 40.3 Å². The second-order valence-electron chi connectivity index (χ2n) is 9.10. The Bertz CT molecular complexity index is 1250. The van der Waals surface area contributed by atoms with Crippen LogP contribution in [0, 0.1) is 0 Å². The zero-order chi connectivity index (χ0) is 25.2. The fraction of sp³-hybridized carbons (Fsp3) is 0.222. The molecule has 2 amide bonds. The standard InChI is InChI=1S/C27H26N2O6/c1-27(2,14-24(31)28-16-11-12-21(25(32)33)23(30)13-16)29-26(34)35-15-22-19-9-5-3-7-17(19)18-8-4-6-10-20(18)22/h3-13,22,30H,14-15H2,1-2H3,(H,28,31)(H,29,34)(H,32,33). The van der Waals surface area contributed by atoms with Gasteiger partial charge in [-0.2, -0.15) is 0 Å². The molecule has 0 fully saturated rings. The van der Waals surface area contributed by atoms with Gasteiger partial charge in [-0.1, -0.05) is 48.5 Å². The van der Waals surface area contributed by atoms with Gasteiger partial charge in [0.25, 0.3) is 0 Å². The van der Waals surface area contributed by atoms with Crippen molar-refractivity contribution in [2.75, 3.05) is 11.9 Å². The van der Waals surface area contributed by atoms with Gasteiger partial charge in [0.05, 0.1) is 0 Å². The Labute approximate surface area is 202 Å². The number of carboxylic acid groups (broad SMARTS) is 1. The first-order valence-corrected chi connectivity index (χ1v) is 11.1. The van der Waals surface area contributed by atoms with Crippen molar-refractivity contribution in [3.05, 3.63) is 83.4 Å². The number of anilines is 1. The summed E-state index contributed by atoms with van der Waals surface area (Å²) in [5, 5.41) is 24.1. The van der Waals surface area contributed by atoms with E-state index in [2.05, 4.69) is 22.8 Å². The Kier molecular flexibility index (Phi) is 6.46. The van der Waals surface area contributed by atoms with Crippen LogP contribution in [0.25, 0.3) is 11.1 Å². The lowest BCUT2D eigenvalue weighted by molar-refractivity contribution is -0.117. The van der Waals surface area contributed by atoms with Gasteiger partial charge in [0.15, 0.2) is 0 Å². The summed E-state index contributed by atoms with van der Waals surface area (Å²) in [5.74, 6) is -2.21. The number of amides is 2. The van der Waals surface area contributed by atoms with E-state index in [9.17, 15) is 19.5 Å². The number of fused-ring (bicyclic) bond motifs is 3. The Balaban J connectivity index is 1.34. The van der Waals surface area contributed by atoms with Gasteiger partial charge in [-0.25, -0.2) is 9.59 Å². The number of hydrogen-bond acceptors (Lipinski definition) is 5. The smallest absolute Gasteiger partial charge is 0.407 e. The number of aromatic carboxylic acids is 1. The van der Waals surface area contributed by atoms with Crippen LogP contribution >= 0.6 is 0 Å². The van der Waals surface area contributed by atoms with Crippen molar-refractivity contribution in [3.63, 3.8) is 0 Å². The van der Waals surface area contributed by atoms with Crippen LogP contribution in [0.4, 0.5) is 10.5 Å². The maximum atomic E-state index is 12.6. The molecule has 0 spiro atoms. The van der Waals surface area contributed by atoms with Crippen molar-refractivity contribution in [2.24, 2.45) is 0 Å². The molecule has 0 unspecified atom stereocenters. The Hall–Kier alpha value is -4.33. The number of carbonyl (C=O) groups is 3. The van der Waals surface area contributed by atoms with Crippen molar-refractivity contribution < 1.29 is 29.3 Å². The van der Waals surface area contributed by atoms with E-state index in [0.717, 1.165) is 28.3 Å². The third-order valence-electron chi connectivity index (χ3n) is 5.90. The number of carboxylic acids is 1. The average Bonchev–Trinajstić information content (AvgIpc) is 3.10. The minimum absolute atomic E-state index is 0.0685. The summed E-state index contributed by atoms with van der Waals surface area (Å²) in [6, 6.07) is 19.8. The van der Waals surface area contributed by atoms with E-state index in [1.807, 2.05) is 36.4 Å². The largest absolute Gasteiger partial charge is 0.507 e. The first kappa shape index (κ1) is 23.8. The molecule has 180 valence electrons. The lowest BCUT2D eigenvalue weighted by Gasteiger charge is -2.26. The van der Waals surface area contributed by atoms with Gasteiger partial charge in [-0.15, -0.1) is 0 Å². The molecule has 0 saturated heterocycles. The van der Waals surface area contributed by atoms with Crippen molar-refractivity contribution in [2.45, 2.75) is 31.7 Å². The number of hydrogen-bond donors (Lipinski definition) is 4. The molecule has 0 aromatic heterocycles. The second kappa shape index (κ2) is 9.50. The molecule has 8 heteroatoms. The molecule has 3 aromatic rings. The number of nitrogens with one attached hydrogen (secondary N) is 2. The highest BCUT2D eigenvalue weighted by molar-refractivity contribution is 5.95. The molecule has 0 saturated carbocycles. The summed E-state index contributed by atoms with van der Waals surface area (Å²) < 4.78 is 5.56. The van der Waals surface area contributed by atoms with Gasteiger partial charge in [-0.05, 0) is 48.2 Å². The topological polar surface area (TPSA) is 125 Å². The van der Waals surface area contributed by atoms with Crippen LogP contribution in [0.3, 0.4) is 0 Å². The van der Waals surface area contributed by atoms with Crippen molar-refractivity contribution in [3.8, 4) is 16.9 Å². The van der Waals surface area contributed by atoms with E-state index in [0.29, 0.717) is 0 Å². The Morgan fingerprint density at radius 1 is 0.943 bits per heavy atom. The SMILES string of the molecule is CC(C)(CC(=O)Nc1ccc(C(=O)O)c(O)c1)NC(=O)OCC1c2ccccc2-c2ccccc21. The van der Waals surface area contributed by atoms with Gasteiger partial charge in [0.1, 0.15) is 17.9 Å². The number of phenols is 1. The maximum absolute atomic E-state index is 12.6. The lowest BCUT2D eigenvalue weighted by Crippen LogP contribution is -2.46. The van der Waals surface area contributed by atoms with Gasteiger partial charge in [0, 0.05) is 29.6 Å². The van der Waals surface area contributed by atoms with Crippen LogP contribution in [-0.2, 0) is 9.53 Å². The van der Waals surface area contributed by atoms with E-state index < -0.39 is 29.3 Å². The molecule has 0 radical (unpaired) electrons. The monoisotopic (exact) mass is 474 g/mol. The van der Waals surface area contributed by atoms with Crippen LogP contribution in [0.5, 0.6) is 5.75 Å². The van der Waals surface area contributed by atoms with Crippen molar-refractivity contribution in [1.29, 1.82) is 0 Å². The Morgan fingerprint density at radius 2 is 1.54 bits per heavy atom. The van der Waals surface area contributed by atoms with Crippen molar-refractivity contribution >= 4 is 23.7 Å². The normalized spacial score (nSPS) is 12.4. The molecule has 0 atom stereocenters. The second-order valence-corrected chi connectivity index (χ2v) is 9.10. The van der Waals surface area contributed by atoms with Crippen LogP contribution in [0.1, 0.15) is 47.7 Å². The van der Waals surface area contributed by atoms with E-state index in [4.69, 9.17) is 9.84 Å². The van der Waals surface area contributed by atoms with E-state index >= 15 is 0 Å². The summed E-state index contributed by atoms with van der Waals surface area (Å²) in [6.45, 7) is 3.55. The fourth-order valence-corrected chi connectivity index (χ4v) is 4.35. The van der Waals surface area contributed by atoms with Crippen LogP contribution in [0.15, 0.2) is 66.7 Å². The maximum Gasteiger partial charge on any atom is 0.407 e. The Morgan fingerprint density at radius 3 is 2.11 bits per heavy atom. The minimum Gasteiger partial charge on any atom is -0.507 e. The highest BCUT2D eigenvalue weighted by atomic mass is 16.5. The zero-order valence-corrected chi connectivity index (χ0v) is 19.4. The van der Waals surface area contributed by atoms with Crippen LogP contribution < -0.4 is 10.6 Å². The van der Waals surface area contributed by atoms with E-state index in [-0.39, 0.29) is 30.2 Å². The summed E-state index contributed by atoms with van der Waals surface area (Å²) in [4.78, 5) is 36.1. The van der Waals surface area contributed by atoms with Crippen LogP contribution in [0.2, 0.25) is 0 Å². The van der Waals surface area contributed by atoms with Gasteiger partial charge in [0.2, 0.25) is 5.91 Å². The summed E-state index contributed by atoms with van der Waals surface area (Å²) in [6.07, 6.45) is -0.702. The van der Waals surface area contributed by atoms with Gasteiger partial charge >= 0.3 is 12.1 Å². The predicted molar refractivity (Wildman–Crippen MR) is 131 cm³/mol. The molecule has 4 rings (SSSR count). The molecule has 4 N–H and O–H groups in total. The highest BCUT2D eigenvalue weighted by Crippen LogP contribution is 2.44. The number of carbonyl (C=O) groups excluding carboxylic acids is 2. The molecule has 1 aliphatic rings. The molecular weight excluding hydrogens is 448 g/mol. The molecule has 0 aliphatic heterocycles. The number of rotatable bonds is 7. The van der Waals surface area contributed by atoms with Crippen molar-refractivity contribution in [1.82, 2.24) is 5.32 Å². The third-order valence-corrected chi connectivity index (χ3v) is 5.90. The third kappa shape index (κ3) is 5.27. The van der Waals surface area contributed by atoms with E-state index in [1.165, 1.54) is 12.1 Å². The number of alkyl carbamates (subject to hydrolysis) is 1. The molecule has 3 aromatic carbocycles. The van der Waals surface area contributed by atoms with Gasteiger partial charge in [-0.3, -0.25) is 4.79 Å². The molecule has 35 heavy (non-hydrogen) atoms. The highest BCUT2D eigenvalue weighted by Gasteiger charge is 2.30. The molecular formula is C27H26N2O6.